The number of hydrogen-bond donors (Lipinski definition) is 1. The van der Waals surface area contributed by atoms with E-state index in [1.807, 2.05) is 26.8 Å². The molecule has 0 spiro atoms. The van der Waals surface area contributed by atoms with Gasteiger partial charge in [0.1, 0.15) is 16.9 Å². The summed E-state index contributed by atoms with van der Waals surface area (Å²) in [5.74, 6) is 0.887. The van der Waals surface area contributed by atoms with Crippen LogP contribution in [-0.4, -0.2) is 11.9 Å². The zero-order valence-corrected chi connectivity index (χ0v) is 17.5. The Morgan fingerprint density at radius 2 is 1.62 bits per heavy atom. The molecule has 2 heterocycles. The fourth-order valence-electron chi connectivity index (χ4n) is 4.48. The second-order valence-corrected chi connectivity index (χ2v) is 8.38. The van der Waals surface area contributed by atoms with E-state index in [1.165, 1.54) is 25.7 Å². The third-order valence-corrected chi connectivity index (χ3v) is 6.41. The second kappa shape index (κ2) is 8.05. The first-order valence-electron chi connectivity index (χ1n) is 10.7. The number of furan rings is 1. The largest absolute Gasteiger partial charge is 0.461 e. The van der Waals surface area contributed by atoms with Crippen molar-refractivity contribution < 1.29 is 13.6 Å². The number of amides is 1. The SMILES string of the molecule is Cc1oc2cc3oc(=O)c(CCC(=O)NC4CCCCCC4)c(C)c3cc2c1C. The predicted octanol–water partition coefficient (Wildman–Crippen LogP) is 5.24. The van der Waals surface area contributed by atoms with Crippen molar-refractivity contribution in [2.75, 3.05) is 0 Å². The van der Waals surface area contributed by atoms with Gasteiger partial charge in [0.2, 0.25) is 5.91 Å². The van der Waals surface area contributed by atoms with E-state index < -0.39 is 0 Å². The Bertz CT molecular complexity index is 1110. The van der Waals surface area contributed by atoms with Crippen LogP contribution in [0.3, 0.4) is 0 Å². The molecule has 1 amide bonds. The van der Waals surface area contributed by atoms with Gasteiger partial charge in [-0.3, -0.25) is 4.79 Å². The van der Waals surface area contributed by atoms with E-state index in [-0.39, 0.29) is 17.6 Å². The van der Waals surface area contributed by atoms with Gasteiger partial charge in [-0.15, -0.1) is 0 Å². The maximum atomic E-state index is 12.6. The molecule has 1 saturated carbocycles. The lowest BCUT2D eigenvalue weighted by molar-refractivity contribution is -0.121. The van der Waals surface area contributed by atoms with Gasteiger partial charge in [0, 0.05) is 34.9 Å². The zero-order valence-electron chi connectivity index (χ0n) is 17.5. The monoisotopic (exact) mass is 395 g/mol. The normalized spacial score (nSPS) is 15.7. The van der Waals surface area contributed by atoms with Crippen molar-refractivity contribution in [1.82, 2.24) is 5.32 Å². The fraction of sp³-hybridized carbons (Fsp3) is 0.500. The molecule has 4 rings (SSSR count). The zero-order chi connectivity index (χ0) is 20.5. The molecule has 5 heteroatoms. The summed E-state index contributed by atoms with van der Waals surface area (Å²) in [7, 11) is 0. The average Bonchev–Trinajstić information content (AvgIpc) is 2.85. The minimum absolute atomic E-state index is 0.0209. The third-order valence-electron chi connectivity index (χ3n) is 6.41. The molecule has 154 valence electrons. The van der Waals surface area contributed by atoms with Crippen molar-refractivity contribution in [3.8, 4) is 0 Å². The van der Waals surface area contributed by atoms with Gasteiger partial charge in [0.05, 0.1) is 0 Å². The van der Waals surface area contributed by atoms with Gasteiger partial charge in [-0.2, -0.15) is 0 Å². The van der Waals surface area contributed by atoms with Crippen LogP contribution < -0.4 is 10.9 Å². The highest BCUT2D eigenvalue weighted by atomic mass is 16.4. The summed E-state index contributed by atoms with van der Waals surface area (Å²) in [5.41, 5.74) is 3.46. The van der Waals surface area contributed by atoms with Crippen LogP contribution in [0.2, 0.25) is 0 Å². The molecule has 0 atom stereocenters. The van der Waals surface area contributed by atoms with Gasteiger partial charge in [0.25, 0.3) is 0 Å². The van der Waals surface area contributed by atoms with Crippen LogP contribution in [0.1, 0.15) is 67.4 Å². The molecule has 0 radical (unpaired) electrons. The van der Waals surface area contributed by atoms with Crippen LogP contribution in [0.5, 0.6) is 0 Å². The molecule has 1 fully saturated rings. The van der Waals surface area contributed by atoms with E-state index in [4.69, 9.17) is 8.83 Å². The van der Waals surface area contributed by atoms with Gasteiger partial charge in [-0.1, -0.05) is 25.7 Å². The molecule has 29 heavy (non-hydrogen) atoms. The van der Waals surface area contributed by atoms with Crippen molar-refractivity contribution >= 4 is 27.8 Å². The van der Waals surface area contributed by atoms with Crippen LogP contribution in [0, 0.1) is 20.8 Å². The Balaban J connectivity index is 1.56. The molecular formula is C24H29NO4. The summed E-state index contributed by atoms with van der Waals surface area (Å²) in [5, 5.41) is 5.09. The molecule has 1 aliphatic rings. The summed E-state index contributed by atoms with van der Waals surface area (Å²) in [6.07, 6.45) is 7.69. The lowest BCUT2D eigenvalue weighted by Crippen LogP contribution is -2.34. The van der Waals surface area contributed by atoms with Crippen molar-refractivity contribution in [2.45, 2.75) is 78.2 Å². The lowest BCUT2D eigenvalue weighted by Gasteiger charge is -2.16. The topological polar surface area (TPSA) is 72.5 Å². The highest BCUT2D eigenvalue weighted by Crippen LogP contribution is 2.31. The minimum atomic E-state index is -0.364. The Morgan fingerprint density at radius 3 is 2.34 bits per heavy atom. The Morgan fingerprint density at radius 1 is 0.966 bits per heavy atom. The highest BCUT2D eigenvalue weighted by Gasteiger charge is 2.18. The average molecular weight is 395 g/mol. The Kier molecular flexibility index (Phi) is 5.48. The van der Waals surface area contributed by atoms with Gasteiger partial charge < -0.3 is 14.2 Å². The third kappa shape index (κ3) is 3.96. The Hall–Kier alpha value is -2.56. The first-order chi connectivity index (χ1) is 13.9. The van der Waals surface area contributed by atoms with Crippen LogP contribution in [-0.2, 0) is 11.2 Å². The number of carbonyl (C=O) groups is 1. The minimum Gasteiger partial charge on any atom is -0.461 e. The van der Waals surface area contributed by atoms with E-state index in [0.29, 0.717) is 24.0 Å². The van der Waals surface area contributed by atoms with Gasteiger partial charge >= 0.3 is 5.63 Å². The number of hydrogen-bond acceptors (Lipinski definition) is 4. The van der Waals surface area contributed by atoms with Crippen LogP contribution in [0.25, 0.3) is 21.9 Å². The molecule has 1 aromatic carbocycles. The summed E-state index contributed by atoms with van der Waals surface area (Å²) >= 11 is 0. The molecule has 1 N–H and O–H groups in total. The van der Waals surface area contributed by atoms with Gasteiger partial charge in [-0.25, -0.2) is 4.79 Å². The summed E-state index contributed by atoms with van der Waals surface area (Å²) in [6, 6.07) is 4.10. The van der Waals surface area contributed by atoms with Gasteiger partial charge in [-0.05, 0) is 57.2 Å². The predicted molar refractivity (Wildman–Crippen MR) is 114 cm³/mol. The first-order valence-corrected chi connectivity index (χ1v) is 10.7. The van der Waals surface area contributed by atoms with Crippen molar-refractivity contribution in [3.63, 3.8) is 0 Å². The molecule has 0 bridgehead atoms. The molecule has 3 aromatic rings. The van der Waals surface area contributed by atoms with E-state index in [9.17, 15) is 9.59 Å². The quantitative estimate of drug-likeness (QED) is 0.484. The number of nitrogens with one attached hydrogen (secondary N) is 1. The van der Waals surface area contributed by atoms with E-state index in [1.54, 1.807) is 6.07 Å². The summed E-state index contributed by atoms with van der Waals surface area (Å²) < 4.78 is 11.3. The Labute approximate surface area is 170 Å². The summed E-state index contributed by atoms with van der Waals surface area (Å²) in [6.45, 7) is 5.90. The van der Waals surface area contributed by atoms with E-state index >= 15 is 0 Å². The molecule has 0 aliphatic heterocycles. The van der Waals surface area contributed by atoms with E-state index in [2.05, 4.69) is 5.32 Å². The molecule has 5 nitrogen and oxygen atoms in total. The van der Waals surface area contributed by atoms with Crippen LogP contribution >= 0.6 is 0 Å². The number of rotatable bonds is 4. The van der Waals surface area contributed by atoms with Crippen LogP contribution in [0.15, 0.2) is 25.8 Å². The summed E-state index contributed by atoms with van der Waals surface area (Å²) in [4.78, 5) is 25.0. The lowest BCUT2D eigenvalue weighted by atomic mass is 10.00. The van der Waals surface area contributed by atoms with Crippen LogP contribution in [0.4, 0.5) is 0 Å². The molecule has 1 aliphatic carbocycles. The van der Waals surface area contributed by atoms with Crippen molar-refractivity contribution in [1.29, 1.82) is 0 Å². The number of aryl methyl sites for hydroxylation is 3. The highest BCUT2D eigenvalue weighted by molar-refractivity contribution is 5.96. The molecular weight excluding hydrogens is 366 g/mol. The second-order valence-electron chi connectivity index (χ2n) is 8.38. The number of carbonyl (C=O) groups excluding carboxylic acids is 1. The standard InChI is InChI=1S/C24H29NO4/c1-14-16(3)28-21-13-22-20(12-19(14)21)15(2)18(24(27)29-22)10-11-23(26)25-17-8-6-4-5-7-9-17/h12-13,17H,4-11H2,1-3H3,(H,25,26). The maximum Gasteiger partial charge on any atom is 0.339 e. The maximum absolute atomic E-state index is 12.6. The van der Waals surface area contributed by atoms with Crippen molar-refractivity contribution in [2.24, 2.45) is 0 Å². The fourth-order valence-corrected chi connectivity index (χ4v) is 4.48. The van der Waals surface area contributed by atoms with Gasteiger partial charge in [0.15, 0.2) is 0 Å². The molecule has 0 unspecified atom stereocenters. The van der Waals surface area contributed by atoms with Crippen molar-refractivity contribution in [3.05, 3.63) is 45.0 Å². The molecule has 2 aromatic heterocycles. The number of fused-ring (bicyclic) bond motifs is 2. The smallest absolute Gasteiger partial charge is 0.339 e. The first kappa shape index (κ1) is 19.7. The molecule has 0 saturated heterocycles. The number of benzene rings is 1. The van der Waals surface area contributed by atoms with E-state index in [0.717, 1.165) is 46.1 Å².